The fourth-order valence-electron chi connectivity index (χ4n) is 3.76. The van der Waals surface area contributed by atoms with E-state index in [4.69, 9.17) is 19.1 Å². The number of rotatable bonds is 5. The van der Waals surface area contributed by atoms with Crippen LogP contribution >= 0.6 is 0 Å². The van der Waals surface area contributed by atoms with Gasteiger partial charge in [-0.25, -0.2) is 9.78 Å². The molecule has 0 radical (unpaired) electrons. The first-order chi connectivity index (χ1) is 16.4. The van der Waals surface area contributed by atoms with Crippen LogP contribution in [-0.2, 0) is 16.1 Å². The van der Waals surface area contributed by atoms with Gasteiger partial charge in [0.25, 0.3) is 12.4 Å². The number of nitrogens with zero attached hydrogens (tertiary/aromatic N) is 3. The van der Waals surface area contributed by atoms with Gasteiger partial charge in [-0.2, -0.15) is 0 Å². The monoisotopic (exact) mass is 472 g/mol. The molecule has 2 amide bonds. The van der Waals surface area contributed by atoms with Crippen molar-refractivity contribution in [2.24, 2.45) is 0 Å². The number of para-hydroxylation sites is 2. The number of fused-ring (bicyclic) bond motifs is 1. The molecule has 1 fully saturated rings. The molecular weight excluding hydrogens is 448 g/mol. The highest BCUT2D eigenvalue weighted by Crippen LogP contribution is 2.17. The van der Waals surface area contributed by atoms with Crippen LogP contribution in [0, 0.1) is 0 Å². The van der Waals surface area contributed by atoms with Crippen LogP contribution in [0.25, 0.3) is 11.1 Å². The van der Waals surface area contributed by atoms with Crippen LogP contribution in [0.3, 0.4) is 0 Å². The minimum atomic E-state index is -0.788. The molecule has 34 heavy (non-hydrogen) atoms. The number of aliphatic hydroxyl groups is 1. The van der Waals surface area contributed by atoms with Crippen LogP contribution in [0.15, 0.2) is 51.8 Å². The number of carbonyl (C=O) groups is 3. The molecule has 0 aliphatic carbocycles. The van der Waals surface area contributed by atoms with Gasteiger partial charge in [-0.1, -0.05) is 12.1 Å². The fourth-order valence-corrected chi connectivity index (χ4v) is 3.76. The predicted octanol–water partition coefficient (Wildman–Crippen LogP) is 0.0907. The van der Waals surface area contributed by atoms with Gasteiger partial charge in [-0.15, -0.1) is 0 Å². The third kappa shape index (κ3) is 5.78. The van der Waals surface area contributed by atoms with Gasteiger partial charge >= 0.3 is 5.76 Å². The second-order valence-corrected chi connectivity index (χ2v) is 7.48. The summed E-state index contributed by atoms with van der Waals surface area (Å²) in [6.07, 6.45) is 0.985. The van der Waals surface area contributed by atoms with Crippen molar-refractivity contribution in [1.82, 2.24) is 19.8 Å². The molecule has 2 atom stereocenters. The summed E-state index contributed by atoms with van der Waals surface area (Å²) in [6, 6.07) is 9.46. The number of methoxy groups -OCH3 is 1. The standard InChI is InChI=1S/C21H22N4O6.CH2O2/c1-30-19-8-13(6-7-22-19)20(28)24-10-14(9-15(26)11-24)23-18(27)12-25-16-4-2-3-5-17(16)31-21(25)29;2-1-3/h2-8,14-15,26H,9-12H2,1H3,(H,23,27);1H,(H,2,3)/t14-,15+;/m0./s1. The highest BCUT2D eigenvalue weighted by Gasteiger charge is 2.30. The van der Waals surface area contributed by atoms with E-state index >= 15 is 0 Å². The Morgan fingerprint density at radius 2 is 2.03 bits per heavy atom. The minimum Gasteiger partial charge on any atom is -0.483 e. The number of aliphatic hydroxyl groups excluding tert-OH is 1. The molecular formula is C22H24N4O8. The summed E-state index contributed by atoms with van der Waals surface area (Å²) in [5.74, 6) is -1.02. The average molecular weight is 472 g/mol. The van der Waals surface area contributed by atoms with Crippen LogP contribution in [0.2, 0.25) is 0 Å². The number of piperidine rings is 1. The van der Waals surface area contributed by atoms with Gasteiger partial charge in [0.2, 0.25) is 11.8 Å². The first-order valence-corrected chi connectivity index (χ1v) is 10.3. The number of benzene rings is 1. The van der Waals surface area contributed by atoms with Gasteiger partial charge in [0, 0.05) is 37.0 Å². The Morgan fingerprint density at radius 3 is 2.76 bits per heavy atom. The number of pyridine rings is 1. The van der Waals surface area contributed by atoms with Gasteiger partial charge in [0.1, 0.15) is 6.54 Å². The van der Waals surface area contributed by atoms with Crippen molar-refractivity contribution in [2.75, 3.05) is 20.2 Å². The molecule has 3 heterocycles. The summed E-state index contributed by atoms with van der Waals surface area (Å²) in [5.41, 5.74) is 1.30. The highest BCUT2D eigenvalue weighted by molar-refractivity contribution is 5.94. The maximum atomic E-state index is 12.9. The van der Waals surface area contributed by atoms with E-state index in [2.05, 4.69) is 10.3 Å². The van der Waals surface area contributed by atoms with E-state index in [0.29, 0.717) is 29.0 Å². The number of carboxylic acid groups (broad SMARTS) is 1. The average Bonchev–Trinajstić information content (AvgIpc) is 3.13. The SMILES string of the molecule is COc1cc(C(=O)N2C[C@H](O)C[C@H](NC(=O)Cn3c(=O)oc4ccccc43)C2)ccn1.O=CO. The van der Waals surface area contributed by atoms with Crippen molar-refractivity contribution in [3.05, 3.63) is 58.7 Å². The smallest absolute Gasteiger partial charge is 0.420 e. The lowest BCUT2D eigenvalue weighted by atomic mass is 10.0. The van der Waals surface area contributed by atoms with Crippen molar-refractivity contribution < 1.29 is 33.8 Å². The zero-order chi connectivity index (χ0) is 24.7. The van der Waals surface area contributed by atoms with Gasteiger partial charge in [0.05, 0.1) is 18.7 Å². The summed E-state index contributed by atoms with van der Waals surface area (Å²) in [4.78, 5) is 51.3. The van der Waals surface area contributed by atoms with E-state index in [0.717, 1.165) is 0 Å². The molecule has 180 valence electrons. The van der Waals surface area contributed by atoms with Gasteiger partial charge in [-0.05, 0) is 24.6 Å². The van der Waals surface area contributed by atoms with E-state index < -0.39 is 23.8 Å². The molecule has 1 aliphatic heterocycles. The van der Waals surface area contributed by atoms with Crippen molar-refractivity contribution in [1.29, 1.82) is 0 Å². The molecule has 0 saturated carbocycles. The van der Waals surface area contributed by atoms with Crippen LogP contribution in [0.1, 0.15) is 16.8 Å². The largest absolute Gasteiger partial charge is 0.483 e. The second kappa shape index (κ2) is 11.1. The molecule has 0 spiro atoms. The van der Waals surface area contributed by atoms with Crippen LogP contribution in [0.5, 0.6) is 5.88 Å². The lowest BCUT2D eigenvalue weighted by Crippen LogP contribution is -2.54. The molecule has 3 N–H and O–H groups in total. The molecule has 3 aromatic rings. The molecule has 12 nitrogen and oxygen atoms in total. The second-order valence-electron chi connectivity index (χ2n) is 7.48. The Balaban J connectivity index is 0.00000103. The summed E-state index contributed by atoms with van der Waals surface area (Å²) in [6.45, 7) is -0.0904. The maximum absolute atomic E-state index is 12.9. The lowest BCUT2D eigenvalue weighted by Gasteiger charge is -2.36. The van der Waals surface area contributed by atoms with Crippen molar-refractivity contribution in [2.45, 2.75) is 25.1 Å². The van der Waals surface area contributed by atoms with E-state index in [1.807, 2.05) is 0 Å². The Morgan fingerprint density at radius 1 is 1.29 bits per heavy atom. The molecule has 0 bridgehead atoms. The first-order valence-electron chi connectivity index (χ1n) is 10.3. The number of β-amino-alcohol motifs (C(OH)–C–C–N with tert-alkyl or cyclic N) is 1. The molecule has 0 unspecified atom stereocenters. The number of hydrogen-bond donors (Lipinski definition) is 3. The first kappa shape index (κ1) is 24.5. The zero-order valence-electron chi connectivity index (χ0n) is 18.3. The van der Waals surface area contributed by atoms with Crippen molar-refractivity contribution in [3.63, 3.8) is 0 Å². The molecule has 1 saturated heterocycles. The summed E-state index contributed by atoms with van der Waals surface area (Å²) in [5, 5.41) is 19.9. The van der Waals surface area contributed by atoms with E-state index in [1.165, 1.54) is 28.8 Å². The van der Waals surface area contributed by atoms with Crippen molar-refractivity contribution >= 4 is 29.4 Å². The fraction of sp³-hybridized carbons (Fsp3) is 0.318. The van der Waals surface area contributed by atoms with E-state index in [1.54, 1.807) is 30.3 Å². The van der Waals surface area contributed by atoms with Crippen LogP contribution in [-0.4, -0.2) is 75.3 Å². The third-order valence-electron chi connectivity index (χ3n) is 5.15. The molecule has 12 heteroatoms. The van der Waals surface area contributed by atoms with E-state index in [9.17, 15) is 19.5 Å². The quantitative estimate of drug-likeness (QED) is 0.437. The van der Waals surface area contributed by atoms with Crippen LogP contribution in [0.4, 0.5) is 0 Å². The van der Waals surface area contributed by atoms with Crippen molar-refractivity contribution in [3.8, 4) is 5.88 Å². The van der Waals surface area contributed by atoms with Gasteiger partial charge < -0.3 is 29.6 Å². The van der Waals surface area contributed by atoms with Gasteiger partial charge in [0.15, 0.2) is 5.58 Å². The Kier molecular flexibility index (Phi) is 7.98. The number of likely N-dealkylation sites (tertiary alicyclic amines) is 1. The Hall–Kier alpha value is -4.19. The minimum absolute atomic E-state index is 0.154. The Labute approximate surface area is 193 Å². The maximum Gasteiger partial charge on any atom is 0.420 e. The molecule has 1 aliphatic rings. The summed E-state index contributed by atoms with van der Waals surface area (Å²) in [7, 11) is 1.46. The Bertz CT molecular complexity index is 1220. The zero-order valence-corrected chi connectivity index (χ0v) is 18.3. The number of nitrogens with one attached hydrogen (secondary N) is 1. The highest BCUT2D eigenvalue weighted by atomic mass is 16.5. The number of amides is 2. The molecule has 2 aromatic heterocycles. The third-order valence-corrected chi connectivity index (χ3v) is 5.15. The normalized spacial score (nSPS) is 17.4. The number of aromatic nitrogens is 2. The topological polar surface area (TPSA) is 164 Å². The molecule has 1 aromatic carbocycles. The summed E-state index contributed by atoms with van der Waals surface area (Å²) >= 11 is 0. The van der Waals surface area contributed by atoms with Crippen LogP contribution < -0.4 is 15.8 Å². The lowest BCUT2D eigenvalue weighted by molar-refractivity contribution is -0.123. The van der Waals surface area contributed by atoms with Gasteiger partial charge in [-0.3, -0.25) is 19.0 Å². The predicted molar refractivity (Wildman–Crippen MR) is 118 cm³/mol. The number of oxazole rings is 1. The molecule has 4 rings (SSSR count). The number of carbonyl (C=O) groups excluding carboxylic acids is 2. The number of ether oxygens (including phenoxy) is 1. The van der Waals surface area contributed by atoms with E-state index in [-0.39, 0.29) is 32.0 Å². The summed E-state index contributed by atoms with van der Waals surface area (Å²) < 4.78 is 11.4. The number of hydrogen-bond acceptors (Lipinski definition) is 8.